The van der Waals surface area contributed by atoms with Crippen molar-refractivity contribution in [1.29, 1.82) is 0 Å². The summed E-state index contributed by atoms with van der Waals surface area (Å²) >= 11 is 0. The fraction of sp³-hybridized carbons (Fsp3) is 0.827. The molecule has 0 aliphatic heterocycles. The minimum atomic E-state index is -6.34. The molecule has 0 saturated heterocycles. The maximum absolute atomic E-state index is 13.4. The van der Waals surface area contributed by atoms with Crippen LogP contribution in [0.1, 0.15) is 215 Å². The average molecular weight is 2220 g/mol. The Hall–Kier alpha value is -9.94. The first-order valence-corrected chi connectivity index (χ1v) is 41.4. The molecule has 0 aromatic rings. The van der Waals surface area contributed by atoms with Crippen molar-refractivity contribution in [3.05, 3.63) is 0 Å². The fourth-order valence-electron chi connectivity index (χ4n) is 7.30. The van der Waals surface area contributed by atoms with Gasteiger partial charge in [0.15, 0.2) is 72.7 Å². The van der Waals surface area contributed by atoms with Crippen LogP contribution in [0.4, 0.5) is 158 Å². The summed E-state index contributed by atoms with van der Waals surface area (Å²) in [5.41, 5.74) is -5.17. The van der Waals surface area contributed by atoms with E-state index in [4.69, 9.17) is 4.74 Å². The fourth-order valence-corrected chi connectivity index (χ4v) is 7.30. The van der Waals surface area contributed by atoms with E-state index < -0.39 is 344 Å². The predicted molar refractivity (Wildman–Crippen MR) is 416 cm³/mol. The number of ether oxygens (including phenoxy) is 14. The van der Waals surface area contributed by atoms with Crippen LogP contribution in [0.5, 0.6) is 0 Å². The van der Waals surface area contributed by atoms with Crippen LogP contribution in [0.2, 0.25) is 0 Å². The standard InChI is InChI=1S/C15H19F9O4.C14H19F7O4.C14H19F5O6.C13H17F7O4.C13H19F5O4.C12H17F3O6/c1-4-11(2,3)10(26)27-5-9(25)28-8-13(18,19)6-12(16,17)7-14(20,21)15(22,23)24;1-4-11(2,3)10(23)24-5-9(22)25-8-13(17,18)6-12(15,16)7-14(19,20)21;1-4-12(2,3)11(22)25-8-10(21)24-7-9(20)23-6-5-13(15,16)14(17,18)19;1-4-10(2,3)9(22)23-5-8(21)24-7-11(14,15)6-12(16,17)13(18,19)20;1-4-11(2,3)10(20)22-7-5-9(19)21-8-6-12(14,15)13(16,17)18;1-4-11(2,3)10(18)20-6-8(16)19-5-9(17)21-7-12(13,14)15/h4-8H2,1-3H3;2*4-8H2,1-3H3;4-7H2,1-3H3;4-8H2,1-3H3;4-7H2,1-3H3. The van der Waals surface area contributed by atoms with Gasteiger partial charge in [0.1, 0.15) is 13.0 Å². The highest BCUT2D eigenvalue weighted by Crippen LogP contribution is 2.48. The zero-order valence-corrected chi connectivity index (χ0v) is 80.3. The highest BCUT2D eigenvalue weighted by molar-refractivity contribution is 5.84. The topological polar surface area (TPSA) is 368 Å². The van der Waals surface area contributed by atoms with Crippen molar-refractivity contribution in [2.75, 3.05) is 92.5 Å². The summed E-state index contributed by atoms with van der Waals surface area (Å²) in [6, 6.07) is 0. The Morgan fingerprint density at radius 1 is 0.179 bits per heavy atom. The molecule has 0 rings (SSSR count). The van der Waals surface area contributed by atoms with Crippen molar-refractivity contribution < 1.29 is 291 Å². The van der Waals surface area contributed by atoms with E-state index in [0.717, 1.165) is 0 Å². The van der Waals surface area contributed by atoms with E-state index in [-0.39, 0.29) is 6.61 Å². The molecule has 0 bridgehead atoms. The number of halogens is 36. The third-order valence-electron chi connectivity index (χ3n) is 18.7. The van der Waals surface area contributed by atoms with Gasteiger partial charge in [0.2, 0.25) is 0 Å². The molecular formula is C81H110F36O28. The number of rotatable bonds is 51. The van der Waals surface area contributed by atoms with Crippen molar-refractivity contribution >= 4 is 83.6 Å². The van der Waals surface area contributed by atoms with Gasteiger partial charge in [-0.25, -0.2) is 77.5 Å². The Kier molecular flexibility index (Phi) is 59.6. The third-order valence-corrected chi connectivity index (χ3v) is 18.7. The highest BCUT2D eigenvalue weighted by Gasteiger charge is 2.65. The summed E-state index contributed by atoms with van der Waals surface area (Å²) in [6.07, 6.45) is -49.1. The normalized spacial score (nSPS) is 13.1. The maximum Gasteiger partial charge on any atom is 0.453 e. The second-order valence-electron chi connectivity index (χ2n) is 34.3. The summed E-state index contributed by atoms with van der Waals surface area (Å²) < 4.78 is 506. The lowest BCUT2D eigenvalue weighted by Crippen LogP contribution is -2.44. The van der Waals surface area contributed by atoms with E-state index in [0.29, 0.717) is 38.5 Å². The van der Waals surface area contributed by atoms with Gasteiger partial charge in [-0.15, -0.1) is 0 Å². The highest BCUT2D eigenvalue weighted by atomic mass is 19.5. The molecule has 0 heterocycles. The molecule has 64 heteroatoms. The van der Waals surface area contributed by atoms with Gasteiger partial charge in [0, 0.05) is 0 Å². The van der Waals surface area contributed by atoms with Gasteiger partial charge in [0.25, 0.3) is 29.6 Å². The summed E-state index contributed by atoms with van der Waals surface area (Å²) in [5, 5.41) is 0. The van der Waals surface area contributed by atoms with Crippen LogP contribution in [0.25, 0.3) is 0 Å². The zero-order chi connectivity index (χ0) is 116. The number of carbonyl (C=O) groups is 14. The summed E-state index contributed by atoms with van der Waals surface area (Å²) in [5.74, 6) is -59.4. The Morgan fingerprint density at radius 2 is 0.366 bits per heavy atom. The van der Waals surface area contributed by atoms with E-state index in [1.165, 1.54) is 41.5 Å². The van der Waals surface area contributed by atoms with Crippen molar-refractivity contribution in [3.8, 4) is 0 Å². The molecule has 0 fully saturated rings. The zero-order valence-electron chi connectivity index (χ0n) is 80.3. The molecule has 0 unspecified atom stereocenters. The van der Waals surface area contributed by atoms with E-state index in [9.17, 15) is 225 Å². The molecule has 0 aliphatic rings. The quantitative estimate of drug-likeness (QED) is 0.0310. The Bertz CT molecular complexity index is 4050. The Balaban J connectivity index is -0.000000401. The monoisotopic (exact) mass is 2210 g/mol. The van der Waals surface area contributed by atoms with E-state index in [2.05, 4.69) is 61.6 Å². The van der Waals surface area contributed by atoms with Gasteiger partial charge in [-0.05, 0) is 122 Å². The van der Waals surface area contributed by atoms with Crippen molar-refractivity contribution in [1.82, 2.24) is 0 Å². The van der Waals surface area contributed by atoms with E-state index in [1.807, 2.05) is 0 Å². The number of carbonyl (C=O) groups excluding carboxylic acids is 14. The molecular weight excluding hydrogens is 2100 g/mol. The van der Waals surface area contributed by atoms with Crippen LogP contribution in [-0.2, 0) is 133 Å². The van der Waals surface area contributed by atoms with Crippen molar-refractivity contribution in [3.63, 3.8) is 0 Å². The molecule has 0 saturated carbocycles. The molecule has 0 atom stereocenters. The second-order valence-corrected chi connectivity index (χ2v) is 34.3. The van der Waals surface area contributed by atoms with Gasteiger partial charge >= 0.3 is 144 Å². The van der Waals surface area contributed by atoms with E-state index >= 15 is 0 Å². The molecule has 0 aromatic carbocycles. The Morgan fingerprint density at radius 3 is 0.586 bits per heavy atom. The number of hydrogen-bond acceptors (Lipinski definition) is 28. The van der Waals surface area contributed by atoms with Gasteiger partial charge in [-0.1, -0.05) is 41.5 Å². The van der Waals surface area contributed by atoms with Crippen LogP contribution in [0.3, 0.4) is 0 Å². The third kappa shape index (κ3) is 65.4. The molecule has 145 heavy (non-hydrogen) atoms. The second kappa shape index (κ2) is 59.3. The molecule has 854 valence electrons. The van der Waals surface area contributed by atoms with Crippen LogP contribution < -0.4 is 0 Å². The van der Waals surface area contributed by atoms with Gasteiger partial charge in [0.05, 0.1) is 90.6 Å². The lowest BCUT2D eigenvalue weighted by molar-refractivity contribution is -0.304. The molecule has 0 radical (unpaired) electrons. The molecule has 28 nitrogen and oxygen atoms in total. The molecule has 0 N–H and O–H groups in total. The van der Waals surface area contributed by atoms with Crippen LogP contribution >= 0.6 is 0 Å². The first-order chi connectivity index (χ1) is 64.3. The predicted octanol–water partition coefficient (Wildman–Crippen LogP) is 20.4. The SMILES string of the molecule is CCC(C)(C)C(=O)OCC(=O)OCC(=O)OCC(F)(F)F.CCC(C)(C)C(=O)OCC(=O)OCC(=O)OCCC(F)(F)C(F)(F)F.CCC(C)(C)C(=O)OCC(=O)OCC(F)(F)CC(F)(F)C(F)(F)F.CCC(C)(C)C(=O)OCC(=O)OCC(F)(F)CC(F)(F)CC(F)(F)C(F)(F)F.CCC(C)(C)C(=O)OCC(=O)OCC(F)(F)CC(F)(F)CC(F)(F)F.CCC(C)(C)C(=O)OCCC(=O)OCCC(F)(F)C(F)(F)F. The van der Waals surface area contributed by atoms with Crippen LogP contribution in [0, 0.1) is 32.5 Å². The van der Waals surface area contributed by atoms with Gasteiger partial charge in [-0.3, -0.25) is 33.6 Å². The largest absolute Gasteiger partial charge is 0.465 e. The minimum Gasteiger partial charge on any atom is -0.465 e. The molecule has 0 amide bonds. The first kappa shape index (κ1) is 146. The number of hydrogen-bond donors (Lipinski definition) is 0. The molecule has 0 aromatic heterocycles. The van der Waals surface area contributed by atoms with Crippen LogP contribution in [0.15, 0.2) is 0 Å². The van der Waals surface area contributed by atoms with E-state index in [1.54, 1.807) is 83.1 Å². The molecule has 0 spiro atoms. The van der Waals surface area contributed by atoms with Crippen molar-refractivity contribution in [2.24, 2.45) is 32.5 Å². The van der Waals surface area contributed by atoms with Gasteiger partial charge < -0.3 is 66.3 Å². The van der Waals surface area contributed by atoms with Gasteiger partial charge in [-0.2, -0.15) is 114 Å². The first-order valence-electron chi connectivity index (χ1n) is 41.4. The minimum absolute atomic E-state index is 0.316. The lowest BCUT2D eigenvalue weighted by Gasteiger charge is -2.27. The lowest BCUT2D eigenvalue weighted by atomic mass is 9.91. The number of alkyl halides is 36. The summed E-state index contributed by atoms with van der Waals surface area (Å²) in [7, 11) is 0. The summed E-state index contributed by atoms with van der Waals surface area (Å²) in [4.78, 5) is 158. The average Bonchev–Trinajstić information content (AvgIpc) is 1.01. The Labute approximate surface area is 803 Å². The number of esters is 14. The molecule has 0 aliphatic carbocycles. The summed E-state index contributed by atoms with van der Waals surface area (Å²) in [6.45, 7) is 12.0. The van der Waals surface area contributed by atoms with Crippen molar-refractivity contribution in [2.45, 2.75) is 305 Å². The van der Waals surface area contributed by atoms with Crippen LogP contribution in [-0.4, -0.2) is 266 Å². The smallest absolute Gasteiger partial charge is 0.453 e. The maximum atomic E-state index is 13.4.